The van der Waals surface area contributed by atoms with E-state index in [1.807, 2.05) is 12.1 Å². The maximum atomic E-state index is 12.0. The molecule has 0 aliphatic heterocycles. The van der Waals surface area contributed by atoms with Gasteiger partial charge < -0.3 is 5.32 Å². The van der Waals surface area contributed by atoms with Crippen LogP contribution in [0.4, 0.5) is 5.69 Å². The minimum absolute atomic E-state index is 0.212. The summed E-state index contributed by atoms with van der Waals surface area (Å²) in [5.74, 6) is -0.212. The molecule has 0 spiro atoms. The van der Waals surface area contributed by atoms with Crippen LogP contribution in [0.1, 0.15) is 10.4 Å². The van der Waals surface area contributed by atoms with Crippen LogP contribution in [0.5, 0.6) is 0 Å². The molecule has 0 aliphatic carbocycles. The highest BCUT2D eigenvalue weighted by atomic mass is 127. The van der Waals surface area contributed by atoms with Crippen molar-refractivity contribution in [3.63, 3.8) is 0 Å². The minimum atomic E-state index is -0.212. The standard InChI is InChI=1S/C13H8Cl2INO/c14-9-3-6-11(15)12(7-9)17-13(18)8-1-4-10(16)5-2-8/h1-7H,(H,17,18). The summed E-state index contributed by atoms with van der Waals surface area (Å²) in [6, 6.07) is 12.2. The van der Waals surface area contributed by atoms with Crippen LogP contribution in [0.15, 0.2) is 42.5 Å². The zero-order valence-electron chi connectivity index (χ0n) is 9.08. The summed E-state index contributed by atoms with van der Waals surface area (Å²) in [5, 5.41) is 3.71. The third kappa shape index (κ3) is 3.37. The molecule has 0 saturated carbocycles. The molecule has 0 aliphatic rings. The molecule has 0 unspecified atom stereocenters. The van der Waals surface area contributed by atoms with Crippen molar-refractivity contribution < 1.29 is 4.79 Å². The normalized spacial score (nSPS) is 10.2. The van der Waals surface area contributed by atoms with Crippen LogP contribution in [-0.4, -0.2) is 5.91 Å². The van der Waals surface area contributed by atoms with Crippen molar-refractivity contribution in [3.05, 3.63) is 61.6 Å². The minimum Gasteiger partial charge on any atom is -0.321 e. The van der Waals surface area contributed by atoms with E-state index in [0.717, 1.165) is 3.57 Å². The van der Waals surface area contributed by atoms with Gasteiger partial charge in [-0.1, -0.05) is 23.2 Å². The van der Waals surface area contributed by atoms with Crippen LogP contribution in [0, 0.1) is 3.57 Å². The third-order valence-electron chi connectivity index (χ3n) is 2.28. The summed E-state index contributed by atoms with van der Waals surface area (Å²) in [6.07, 6.45) is 0. The topological polar surface area (TPSA) is 29.1 Å². The van der Waals surface area contributed by atoms with E-state index < -0.39 is 0 Å². The maximum Gasteiger partial charge on any atom is 0.255 e. The van der Waals surface area contributed by atoms with Gasteiger partial charge in [0.2, 0.25) is 0 Å². The molecule has 0 radical (unpaired) electrons. The van der Waals surface area contributed by atoms with Gasteiger partial charge in [0, 0.05) is 14.2 Å². The van der Waals surface area contributed by atoms with Gasteiger partial charge in [-0.3, -0.25) is 4.79 Å². The molecule has 2 rings (SSSR count). The van der Waals surface area contributed by atoms with Crippen molar-refractivity contribution in [2.75, 3.05) is 5.32 Å². The van der Waals surface area contributed by atoms with E-state index in [9.17, 15) is 4.79 Å². The lowest BCUT2D eigenvalue weighted by molar-refractivity contribution is 0.102. The first-order chi connectivity index (χ1) is 8.56. The fraction of sp³-hybridized carbons (Fsp3) is 0. The average molecular weight is 392 g/mol. The third-order valence-corrected chi connectivity index (χ3v) is 3.57. The average Bonchev–Trinajstić information content (AvgIpc) is 2.34. The molecule has 92 valence electrons. The van der Waals surface area contributed by atoms with Crippen molar-refractivity contribution in [3.8, 4) is 0 Å². The monoisotopic (exact) mass is 391 g/mol. The highest BCUT2D eigenvalue weighted by Gasteiger charge is 2.08. The van der Waals surface area contributed by atoms with Gasteiger partial charge in [-0.15, -0.1) is 0 Å². The first-order valence-corrected chi connectivity index (χ1v) is 6.92. The Balaban J connectivity index is 2.21. The van der Waals surface area contributed by atoms with Crippen LogP contribution < -0.4 is 5.32 Å². The number of hydrogen-bond acceptors (Lipinski definition) is 1. The van der Waals surface area contributed by atoms with Crippen molar-refractivity contribution in [2.45, 2.75) is 0 Å². The fourth-order valence-electron chi connectivity index (χ4n) is 1.39. The number of rotatable bonds is 2. The van der Waals surface area contributed by atoms with E-state index in [2.05, 4.69) is 27.9 Å². The van der Waals surface area contributed by atoms with Crippen LogP contribution in [0.3, 0.4) is 0 Å². The Labute approximate surface area is 128 Å². The summed E-state index contributed by atoms with van der Waals surface area (Å²) in [5.41, 5.74) is 1.08. The van der Waals surface area contributed by atoms with Crippen molar-refractivity contribution >= 4 is 57.4 Å². The summed E-state index contributed by atoms with van der Waals surface area (Å²) < 4.78 is 1.07. The van der Waals surface area contributed by atoms with Gasteiger partial charge in [-0.2, -0.15) is 0 Å². The zero-order chi connectivity index (χ0) is 13.1. The number of amides is 1. The van der Waals surface area contributed by atoms with Gasteiger partial charge in [0.05, 0.1) is 10.7 Å². The summed E-state index contributed by atoms with van der Waals surface area (Å²) in [6.45, 7) is 0. The molecule has 0 aromatic heterocycles. The highest BCUT2D eigenvalue weighted by molar-refractivity contribution is 14.1. The molecular formula is C13H8Cl2INO. The fourth-order valence-corrected chi connectivity index (χ4v) is 2.09. The summed E-state index contributed by atoms with van der Waals surface area (Å²) in [4.78, 5) is 12.0. The van der Waals surface area contributed by atoms with Gasteiger partial charge in [0.15, 0.2) is 0 Å². The Bertz CT molecular complexity index is 584. The highest BCUT2D eigenvalue weighted by Crippen LogP contribution is 2.25. The second-order valence-corrected chi connectivity index (χ2v) is 5.67. The lowest BCUT2D eigenvalue weighted by Crippen LogP contribution is -2.12. The zero-order valence-corrected chi connectivity index (χ0v) is 12.8. The first kappa shape index (κ1) is 13.6. The molecule has 5 heteroatoms. The Morgan fingerprint density at radius 3 is 2.39 bits per heavy atom. The Morgan fingerprint density at radius 2 is 1.72 bits per heavy atom. The second-order valence-electron chi connectivity index (χ2n) is 3.59. The Kier molecular flexibility index (Phi) is 4.48. The Morgan fingerprint density at radius 1 is 1.06 bits per heavy atom. The largest absolute Gasteiger partial charge is 0.321 e. The van der Waals surface area contributed by atoms with Gasteiger partial charge in [0.25, 0.3) is 5.91 Å². The van der Waals surface area contributed by atoms with E-state index in [-0.39, 0.29) is 5.91 Å². The second kappa shape index (κ2) is 5.91. The molecule has 0 saturated heterocycles. The van der Waals surface area contributed by atoms with Crippen LogP contribution >= 0.6 is 45.8 Å². The van der Waals surface area contributed by atoms with E-state index in [1.165, 1.54) is 0 Å². The van der Waals surface area contributed by atoms with E-state index in [4.69, 9.17) is 23.2 Å². The number of anilines is 1. The van der Waals surface area contributed by atoms with E-state index in [1.54, 1.807) is 30.3 Å². The van der Waals surface area contributed by atoms with Gasteiger partial charge in [-0.05, 0) is 65.1 Å². The molecule has 2 aromatic carbocycles. The molecule has 18 heavy (non-hydrogen) atoms. The number of carbonyl (C=O) groups is 1. The molecule has 2 nitrogen and oxygen atoms in total. The van der Waals surface area contributed by atoms with Crippen molar-refractivity contribution in [1.82, 2.24) is 0 Å². The van der Waals surface area contributed by atoms with E-state index in [0.29, 0.717) is 21.3 Å². The van der Waals surface area contributed by atoms with Crippen molar-refractivity contribution in [1.29, 1.82) is 0 Å². The maximum absolute atomic E-state index is 12.0. The SMILES string of the molecule is O=C(Nc1cc(Cl)ccc1Cl)c1ccc(I)cc1. The van der Waals surface area contributed by atoms with Gasteiger partial charge in [0.1, 0.15) is 0 Å². The van der Waals surface area contributed by atoms with Gasteiger partial charge in [-0.25, -0.2) is 0 Å². The molecule has 1 amide bonds. The van der Waals surface area contributed by atoms with Crippen LogP contribution in [0.2, 0.25) is 10.0 Å². The molecule has 0 fully saturated rings. The molecule has 0 bridgehead atoms. The predicted molar refractivity (Wildman–Crippen MR) is 83.6 cm³/mol. The molecule has 0 atom stereocenters. The molecule has 1 N–H and O–H groups in total. The number of carbonyl (C=O) groups excluding carboxylic acids is 1. The smallest absolute Gasteiger partial charge is 0.255 e. The van der Waals surface area contributed by atoms with E-state index >= 15 is 0 Å². The van der Waals surface area contributed by atoms with Gasteiger partial charge >= 0.3 is 0 Å². The lowest BCUT2D eigenvalue weighted by atomic mass is 10.2. The number of benzene rings is 2. The molecule has 0 heterocycles. The summed E-state index contributed by atoms with van der Waals surface area (Å²) in [7, 11) is 0. The van der Waals surface area contributed by atoms with Crippen LogP contribution in [0.25, 0.3) is 0 Å². The molecular weight excluding hydrogens is 384 g/mol. The lowest BCUT2D eigenvalue weighted by Gasteiger charge is -2.07. The quantitative estimate of drug-likeness (QED) is 0.728. The molecule has 2 aromatic rings. The van der Waals surface area contributed by atoms with Crippen molar-refractivity contribution in [2.24, 2.45) is 0 Å². The number of nitrogens with one attached hydrogen (secondary N) is 1. The number of halogens is 3. The Hall–Kier alpha value is -0.780. The van der Waals surface area contributed by atoms with Crippen LogP contribution in [-0.2, 0) is 0 Å². The predicted octanol–water partition coefficient (Wildman–Crippen LogP) is 4.85. The number of hydrogen-bond donors (Lipinski definition) is 1. The first-order valence-electron chi connectivity index (χ1n) is 5.08. The summed E-state index contributed by atoms with van der Waals surface area (Å²) >= 11 is 14.0.